The predicted molar refractivity (Wildman–Crippen MR) is 197 cm³/mol. The monoisotopic (exact) mass is 664 g/mol. The summed E-state index contributed by atoms with van der Waals surface area (Å²) in [6.07, 6.45) is 6.70. The molecule has 0 aliphatic carbocycles. The van der Waals surface area contributed by atoms with Gasteiger partial charge in [-0.2, -0.15) is 0 Å². The van der Waals surface area contributed by atoms with Gasteiger partial charge in [-0.3, -0.25) is 9.59 Å². The fourth-order valence-electron chi connectivity index (χ4n) is 6.82. The third-order valence-electron chi connectivity index (χ3n) is 9.83. The first kappa shape index (κ1) is 34.1. The van der Waals surface area contributed by atoms with E-state index in [4.69, 9.17) is 15.7 Å². The lowest BCUT2D eigenvalue weighted by atomic mass is 9.86. The molecule has 3 aliphatic heterocycles. The maximum absolute atomic E-state index is 13.6. The fraction of sp³-hybridized carbons (Fsp3) is 0.432. The van der Waals surface area contributed by atoms with Crippen LogP contribution in [0.25, 0.3) is 0 Å². The number of hydrogen-bond donors (Lipinski definition) is 3. The fourth-order valence-corrected chi connectivity index (χ4v) is 6.82. The van der Waals surface area contributed by atoms with Crippen molar-refractivity contribution in [2.45, 2.75) is 45.4 Å². The number of carbonyl (C=O) groups excluding carboxylic acids is 2. The number of nitrogens with zero attached hydrogens (tertiary/aromatic N) is 7. The highest BCUT2D eigenvalue weighted by Crippen LogP contribution is 2.43. The first-order valence-electron chi connectivity index (χ1n) is 17.2. The Bertz CT molecular complexity index is 1760. The van der Waals surface area contributed by atoms with Gasteiger partial charge in [0.15, 0.2) is 5.84 Å². The van der Waals surface area contributed by atoms with Crippen molar-refractivity contribution in [2.75, 3.05) is 79.8 Å². The van der Waals surface area contributed by atoms with E-state index in [0.717, 1.165) is 69.0 Å². The topological polar surface area (TPSA) is 135 Å². The number of amides is 2. The SMILES string of the molecule is C=CNc1cnc(N2CCCN(C)CC2)nc1C(N)=Nc1cc(C(=O)Nc2ccc3c(c2)C(C)(C)C(=O)N3CCN2CCCC2)ccc1C. The summed E-state index contributed by atoms with van der Waals surface area (Å²) in [6, 6.07) is 11.1. The highest BCUT2D eigenvalue weighted by molar-refractivity contribution is 6.09. The van der Waals surface area contributed by atoms with Crippen molar-refractivity contribution in [1.82, 2.24) is 19.8 Å². The Morgan fingerprint density at radius 3 is 2.61 bits per heavy atom. The summed E-state index contributed by atoms with van der Waals surface area (Å²) in [5, 5.41) is 6.11. The summed E-state index contributed by atoms with van der Waals surface area (Å²) >= 11 is 0. The predicted octanol–water partition coefficient (Wildman–Crippen LogP) is 4.49. The number of carbonyl (C=O) groups is 2. The van der Waals surface area contributed by atoms with Gasteiger partial charge >= 0.3 is 0 Å². The number of anilines is 4. The molecule has 6 rings (SSSR count). The lowest BCUT2D eigenvalue weighted by Gasteiger charge is -2.23. The normalized spacial score (nSPS) is 18.4. The minimum absolute atomic E-state index is 0.0880. The average molecular weight is 665 g/mol. The summed E-state index contributed by atoms with van der Waals surface area (Å²) in [5.41, 5.74) is 11.3. The van der Waals surface area contributed by atoms with Crippen LogP contribution in [0, 0.1) is 6.92 Å². The van der Waals surface area contributed by atoms with Crippen LogP contribution in [0.3, 0.4) is 0 Å². The maximum Gasteiger partial charge on any atom is 0.255 e. The molecule has 0 radical (unpaired) electrons. The number of aliphatic imine (C=N–C) groups is 1. The molecule has 4 N–H and O–H groups in total. The van der Waals surface area contributed by atoms with Gasteiger partial charge in [0.2, 0.25) is 11.9 Å². The Hall–Kier alpha value is -4.81. The molecule has 12 nitrogen and oxygen atoms in total. The number of benzene rings is 2. The molecule has 4 heterocycles. The van der Waals surface area contributed by atoms with Crippen LogP contribution in [0.2, 0.25) is 0 Å². The number of fused-ring (bicyclic) bond motifs is 1. The third-order valence-corrected chi connectivity index (χ3v) is 9.83. The van der Waals surface area contributed by atoms with Gasteiger partial charge in [0.1, 0.15) is 5.69 Å². The van der Waals surface area contributed by atoms with Gasteiger partial charge in [0, 0.05) is 49.7 Å². The summed E-state index contributed by atoms with van der Waals surface area (Å²) in [6.45, 7) is 16.9. The Labute approximate surface area is 289 Å². The number of nitrogens with one attached hydrogen (secondary N) is 2. The van der Waals surface area contributed by atoms with Crippen molar-refractivity contribution in [3.8, 4) is 0 Å². The molecule has 1 aromatic heterocycles. The number of nitrogens with two attached hydrogens (primary N) is 1. The van der Waals surface area contributed by atoms with Crippen LogP contribution >= 0.6 is 0 Å². The number of aryl methyl sites for hydroxylation is 1. The first-order chi connectivity index (χ1) is 23.5. The number of rotatable bonds is 10. The van der Waals surface area contributed by atoms with Crippen LogP contribution in [0.1, 0.15) is 60.3 Å². The van der Waals surface area contributed by atoms with Crippen LogP contribution in [-0.4, -0.2) is 96.8 Å². The molecule has 49 heavy (non-hydrogen) atoms. The molecule has 2 saturated heterocycles. The second kappa shape index (κ2) is 14.4. The largest absolute Gasteiger partial charge is 0.382 e. The number of likely N-dealkylation sites (N-methyl/N-ethyl adjacent to an activating group) is 1. The highest BCUT2D eigenvalue weighted by atomic mass is 16.2. The Morgan fingerprint density at radius 1 is 1.04 bits per heavy atom. The molecule has 0 spiro atoms. The molecule has 3 aliphatic rings. The van der Waals surface area contributed by atoms with Gasteiger partial charge < -0.3 is 36.0 Å². The zero-order valence-electron chi connectivity index (χ0n) is 29.1. The van der Waals surface area contributed by atoms with Crippen molar-refractivity contribution < 1.29 is 9.59 Å². The summed E-state index contributed by atoms with van der Waals surface area (Å²) < 4.78 is 0. The molecule has 0 unspecified atom stereocenters. The van der Waals surface area contributed by atoms with Crippen LogP contribution in [0.5, 0.6) is 0 Å². The molecular formula is C37H48N10O2. The van der Waals surface area contributed by atoms with E-state index in [-0.39, 0.29) is 17.6 Å². The average Bonchev–Trinajstić information content (AvgIpc) is 3.59. The minimum Gasteiger partial charge on any atom is -0.382 e. The second-order valence-electron chi connectivity index (χ2n) is 13.7. The molecular weight excluding hydrogens is 616 g/mol. The number of amidine groups is 1. The Morgan fingerprint density at radius 2 is 1.84 bits per heavy atom. The van der Waals surface area contributed by atoms with Gasteiger partial charge in [0.25, 0.3) is 5.91 Å². The standard InChI is InChI=1S/C37H48N10O2/c1-6-39-30-24-40-36(46-17-9-14-44(5)18-20-46)43-32(30)33(38)42-29-22-26(11-10-25(29)2)34(48)41-27-12-13-31-28(23-27)37(3,4)35(49)47(31)21-19-45-15-7-8-16-45/h6,10-13,22-24,39H,1,7-9,14-21H2,2-5H3,(H2,38,42)(H,41,48). The van der Waals surface area contributed by atoms with Crippen LogP contribution in [0.15, 0.2) is 60.4 Å². The van der Waals surface area contributed by atoms with E-state index in [1.807, 2.05) is 49.9 Å². The second-order valence-corrected chi connectivity index (χ2v) is 13.7. The van der Waals surface area contributed by atoms with Crippen molar-refractivity contribution in [1.29, 1.82) is 0 Å². The molecule has 12 heteroatoms. The maximum atomic E-state index is 13.6. The number of likely N-dealkylation sites (tertiary alicyclic amines) is 1. The lowest BCUT2D eigenvalue weighted by molar-refractivity contribution is -0.122. The van der Waals surface area contributed by atoms with Gasteiger partial charge in [-0.25, -0.2) is 15.0 Å². The first-order valence-corrected chi connectivity index (χ1v) is 17.2. The minimum atomic E-state index is -0.686. The van der Waals surface area contributed by atoms with Crippen LogP contribution in [-0.2, 0) is 10.2 Å². The highest BCUT2D eigenvalue weighted by Gasteiger charge is 2.44. The van der Waals surface area contributed by atoms with E-state index < -0.39 is 5.41 Å². The van der Waals surface area contributed by atoms with Gasteiger partial charge in [-0.1, -0.05) is 12.6 Å². The molecule has 0 bridgehead atoms. The molecule has 2 aromatic carbocycles. The van der Waals surface area contributed by atoms with E-state index in [0.29, 0.717) is 40.8 Å². The molecule has 0 saturated carbocycles. The number of aromatic nitrogens is 2. The number of hydrogen-bond acceptors (Lipinski definition) is 9. The Balaban J connectivity index is 1.22. The molecule has 2 amide bonds. The lowest BCUT2D eigenvalue weighted by Crippen LogP contribution is -2.40. The zero-order valence-corrected chi connectivity index (χ0v) is 29.1. The quantitative estimate of drug-likeness (QED) is 0.212. The van der Waals surface area contributed by atoms with Gasteiger partial charge in [-0.15, -0.1) is 0 Å². The summed E-state index contributed by atoms with van der Waals surface area (Å²) in [4.78, 5) is 50.0. The summed E-state index contributed by atoms with van der Waals surface area (Å²) in [7, 11) is 2.12. The Kier molecular flexibility index (Phi) is 9.98. The molecule has 3 aromatic rings. The van der Waals surface area contributed by atoms with Crippen molar-refractivity contribution in [3.63, 3.8) is 0 Å². The van der Waals surface area contributed by atoms with E-state index in [9.17, 15) is 9.59 Å². The summed E-state index contributed by atoms with van der Waals surface area (Å²) in [5.74, 6) is 0.592. The van der Waals surface area contributed by atoms with Gasteiger partial charge in [0.05, 0.1) is 23.0 Å². The van der Waals surface area contributed by atoms with E-state index in [1.54, 1.807) is 24.5 Å². The van der Waals surface area contributed by atoms with Crippen molar-refractivity contribution in [3.05, 3.63) is 77.8 Å². The molecule has 0 atom stereocenters. The van der Waals surface area contributed by atoms with Gasteiger partial charge in [-0.05, 0) is 114 Å². The molecule has 258 valence electrons. The van der Waals surface area contributed by atoms with Crippen molar-refractivity contribution in [2.24, 2.45) is 10.7 Å². The van der Waals surface area contributed by atoms with E-state index in [2.05, 4.69) is 43.9 Å². The van der Waals surface area contributed by atoms with Crippen LogP contribution in [0.4, 0.5) is 28.7 Å². The van der Waals surface area contributed by atoms with Crippen molar-refractivity contribution >= 4 is 46.3 Å². The van der Waals surface area contributed by atoms with E-state index >= 15 is 0 Å². The smallest absolute Gasteiger partial charge is 0.255 e. The zero-order chi connectivity index (χ0) is 34.7. The van der Waals surface area contributed by atoms with E-state index in [1.165, 1.54) is 12.8 Å². The molecule has 2 fully saturated rings. The van der Waals surface area contributed by atoms with Crippen LogP contribution < -0.4 is 26.2 Å². The third kappa shape index (κ3) is 7.30.